The van der Waals surface area contributed by atoms with E-state index in [1.165, 1.54) is 0 Å². The van der Waals surface area contributed by atoms with E-state index in [0.717, 1.165) is 0 Å². The average molecular weight is 175 g/mol. The van der Waals surface area contributed by atoms with Gasteiger partial charge in [-0.15, -0.1) is 0 Å². The van der Waals surface area contributed by atoms with Gasteiger partial charge < -0.3 is 4.74 Å². The summed E-state index contributed by atoms with van der Waals surface area (Å²) in [5.41, 5.74) is 0. The molecule has 0 atom stereocenters. The molecule has 2 rings (SSSR count). The Morgan fingerprint density at radius 3 is 2.92 bits per heavy atom. The molecule has 0 unspecified atom stereocenters. The van der Waals surface area contributed by atoms with E-state index in [-0.39, 0.29) is 0 Å². The second kappa shape index (κ2) is 3.66. The molecule has 0 amide bonds. The zero-order chi connectivity index (χ0) is 8.93. The summed E-state index contributed by atoms with van der Waals surface area (Å²) in [5, 5.41) is 6.21. The van der Waals surface area contributed by atoms with Crippen LogP contribution in [0.4, 0.5) is 0 Å². The number of ether oxygens (including phenoxy) is 1. The van der Waals surface area contributed by atoms with Crippen molar-refractivity contribution >= 4 is 0 Å². The summed E-state index contributed by atoms with van der Waals surface area (Å²) in [6, 6.07) is 1.76. The van der Waals surface area contributed by atoms with Crippen LogP contribution >= 0.6 is 0 Å². The molecule has 2 aromatic rings. The lowest BCUT2D eigenvalue weighted by Crippen LogP contribution is -1.99. The Balaban J connectivity index is 1.94. The van der Waals surface area contributed by atoms with Gasteiger partial charge in [-0.1, -0.05) is 0 Å². The zero-order valence-corrected chi connectivity index (χ0v) is 6.77. The van der Waals surface area contributed by atoms with Crippen molar-refractivity contribution in [2.45, 2.75) is 6.61 Å². The highest BCUT2D eigenvalue weighted by molar-refractivity contribution is 5.08. The van der Waals surface area contributed by atoms with Gasteiger partial charge in [0.1, 0.15) is 6.61 Å². The molecule has 2 aromatic heterocycles. The van der Waals surface area contributed by atoms with Gasteiger partial charge in [-0.05, 0) is 6.07 Å². The molecule has 0 spiro atoms. The van der Waals surface area contributed by atoms with Gasteiger partial charge in [0.2, 0.25) is 0 Å². The van der Waals surface area contributed by atoms with Gasteiger partial charge in [-0.3, -0.25) is 5.10 Å². The lowest BCUT2D eigenvalue weighted by Gasteiger charge is -1.99. The molecule has 5 nitrogen and oxygen atoms in total. The lowest BCUT2D eigenvalue weighted by atomic mass is 10.5. The Morgan fingerprint density at radius 1 is 1.38 bits per heavy atom. The second-order valence-electron chi connectivity index (χ2n) is 2.31. The van der Waals surface area contributed by atoms with E-state index in [1.807, 2.05) is 0 Å². The van der Waals surface area contributed by atoms with Crippen molar-refractivity contribution in [2.75, 3.05) is 0 Å². The highest BCUT2D eigenvalue weighted by Gasteiger charge is 1.97. The lowest BCUT2D eigenvalue weighted by molar-refractivity contribution is 0.295. The molecule has 0 aliphatic rings. The van der Waals surface area contributed by atoms with Crippen LogP contribution in [0.25, 0.3) is 0 Å². The first-order chi connectivity index (χ1) is 6.45. The summed E-state index contributed by atoms with van der Waals surface area (Å²) in [4.78, 5) is 8.00. The van der Waals surface area contributed by atoms with Gasteiger partial charge in [0.25, 0.3) is 0 Å². The quantitative estimate of drug-likeness (QED) is 0.741. The molecule has 0 aliphatic carbocycles. The minimum atomic E-state index is 0.330. The fourth-order valence-corrected chi connectivity index (χ4v) is 0.831. The molecule has 0 fully saturated rings. The number of aromatic nitrogens is 4. The fourth-order valence-electron chi connectivity index (χ4n) is 0.831. The highest BCUT2D eigenvalue weighted by Crippen LogP contribution is 2.05. The largest absolute Gasteiger partial charge is 0.482 e. The summed E-state index contributed by atoms with van der Waals surface area (Å²) < 4.78 is 5.26. The first-order valence-electron chi connectivity index (χ1n) is 3.75. The van der Waals surface area contributed by atoms with Crippen LogP contribution in [0, 0.1) is 6.20 Å². The number of hydrogen-bond donors (Lipinski definition) is 1. The van der Waals surface area contributed by atoms with Gasteiger partial charge in [-0.2, -0.15) is 5.10 Å². The van der Waals surface area contributed by atoms with E-state index in [9.17, 15) is 0 Å². The number of nitrogens with zero attached hydrogens (tertiary/aromatic N) is 3. The third-order valence-electron chi connectivity index (χ3n) is 1.40. The number of aromatic amines is 1. The van der Waals surface area contributed by atoms with Crippen LogP contribution in [0.5, 0.6) is 5.75 Å². The van der Waals surface area contributed by atoms with Crippen molar-refractivity contribution in [1.29, 1.82) is 0 Å². The number of nitrogens with one attached hydrogen (secondary N) is 1. The smallest absolute Gasteiger partial charge is 0.167 e. The molecule has 0 aliphatic heterocycles. The predicted molar refractivity (Wildman–Crippen MR) is 43.8 cm³/mol. The standard InChI is InChI=1S/C8H7N4O/c1-2-9-8(10-3-1)6-13-7-4-11-12-5-7/h1-4H,6H2,(H,11,12). The Morgan fingerprint density at radius 2 is 2.23 bits per heavy atom. The van der Waals surface area contributed by atoms with Crippen molar-refractivity contribution in [2.24, 2.45) is 0 Å². The Kier molecular flexibility index (Phi) is 2.18. The maximum Gasteiger partial charge on any atom is 0.167 e. The molecular formula is C8H7N4O. The molecule has 0 aromatic carbocycles. The van der Waals surface area contributed by atoms with Crippen LogP contribution in [-0.2, 0) is 6.61 Å². The highest BCUT2D eigenvalue weighted by atomic mass is 16.5. The Hall–Kier alpha value is -1.91. The van der Waals surface area contributed by atoms with Crippen molar-refractivity contribution in [3.05, 3.63) is 36.7 Å². The predicted octanol–water partition coefficient (Wildman–Crippen LogP) is 0.579. The van der Waals surface area contributed by atoms with Crippen molar-refractivity contribution in [3.63, 3.8) is 0 Å². The van der Waals surface area contributed by atoms with Crippen LogP contribution in [0.1, 0.15) is 5.82 Å². The van der Waals surface area contributed by atoms with Gasteiger partial charge in [-0.25, -0.2) is 9.97 Å². The van der Waals surface area contributed by atoms with Crippen molar-refractivity contribution < 1.29 is 4.74 Å². The topological polar surface area (TPSA) is 63.7 Å². The number of rotatable bonds is 3. The maximum absolute atomic E-state index is 5.26. The molecule has 2 heterocycles. The summed E-state index contributed by atoms with van der Waals surface area (Å²) in [7, 11) is 0. The SMILES string of the molecule is [c]1n[nH]cc1OCc1ncccn1. The van der Waals surface area contributed by atoms with Crippen molar-refractivity contribution in [3.8, 4) is 5.75 Å². The molecular weight excluding hydrogens is 168 g/mol. The molecule has 1 N–H and O–H groups in total. The Labute approximate surface area is 74.8 Å². The molecule has 1 radical (unpaired) electrons. The van der Waals surface area contributed by atoms with Crippen LogP contribution in [0.2, 0.25) is 0 Å². The Bertz CT molecular complexity index is 346. The van der Waals surface area contributed by atoms with E-state index in [1.54, 1.807) is 24.7 Å². The minimum Gasteiger partial charge on any atom is -0.482 e. The number of hydrogen-bond acceptors (Lipinski definition) is 4. The van der Waals surface area contributed by atoms with Crippen LogP contribution in [-0.4, -0.2) is 20.2 Å². The molecule has 65 valence electrons. The maximum atomic E-state index is 5.26. The van der Waals surface area contributed by atoms with E-state index in [0.29, 0.717) is 18.2 Å². The number of H-pyrrole nitrogens is 1. The normalized spacial score (nSPS) is 9.85. The van der Waals surface area contributed by atoms with E-state index in [2.05, 4.69) is 26.4 Å². The molecule has 13 heavy (non-hydrogen) atoms. The van der Waals surface area contributed by atoms with Crippen molar-refractivity contribution in [1.82, 2.24) is 20.2 Å². The first-order valence-corrected chi connectivity index (χ1v) is 3.75. The van der Waals surface area contributed by atoms with E-state index < -0.39 is 0 Å². The monoisotopic (exact) mass is 175 g/mol. The summed E-state index contributed by atoms with van der Waals surface area (Å²) in [5.74, 6) is 1.20. The zero-order valence-electron chi connectivity index (χ0n) is 6.77. The van der Waals surface area contributed by atoms with Gasteiger partial charge in [0, 0.05) is 12.4 Å². The second-order valence-corrected chi connectivity index (χ2v) is 2.31. The van der Waals surface area contributed by atoms with Crippen LogP contribution < -0.4 is 4.74 Å². The molecule has 0 bridgehead atoms. The summed E-state index contributed by atoms with van der Waals surface area (Å²) in [6.07, 6.45) is 7.58. The van der Waals surface area contributed by atoms with Crippen LogP contribution in [0.15, 0.2) is 24.7 Å². The van der Waals surface area contributed by atoms with E-state index in [4.69, 9.17) is 4.74 Å². The molecule has 5 heteroatoms. The third kappa shape index (κ3) is 2.02. The molecule has 0 saturated carbocycles. The van der Waals surface area contributed by atoms with Crippen LogP contribution in [0.3, 0.4) is 0 Å². The van der Waals surface area contributed by atoms with Gasteiger partial charge >= 0.3 is 0 Å². The van der Waals surface area contributed by atoms with E-state index >= 15 is 0 Å². The summed E-state index contributed by atoms with van der Waals surface area (Å²) >= 11 is 0. The average Bonchev–Trinajstić information content (AvgIpc) is 2.69. The van der Waals surface area contributed by atoms with Gasteiger partial charge in [0.05, 0.1) is 6.20 Å². The minimum absolute atomic E-state index is 0.330. The fraction of sp³-hybridized carbons (Fsp3) is 0.125. The molecule has 0 saturated heterocycles. The third-order valence-corrected chi connectivity index (χ3v) is 1.40. The first kappa shape index (κ1) is 7.72. The summed E-state index contributed by atoms with van der Waals surface area (Å²) in [6.45, 7) is 0.330. The van der Waals surface area contributed by atoms with Gasteiger partial charge in [0.15, 0.2) is 17.8 Å².